The predicted octanol–water partition coefficient (Wildman–Crippen LogP) is 9.89. The van der Waals surface area contributed by atoms with Gasteiger partial charge in [-0.05, 0) is 122 Å². The van der Waals surface area contributed by atoms with E-state index in [1.54, 1.807) is 44.3 Å². The highest BCUT2D eigenvalue weighted by molar-refractivity contribution is 6.02. The van der Waals surface area contributed by atoms with E-state index in [0.29, 0.717) is 16.9 Å². The molecular formula is C51H74N6O5. The van der Waals surface area contributed by atoms with Gasteiger partial charge in [0, 0.05) is 78.0 Å². The average Bonchev–Trinajstić information content (AvgIpc) is 3.24. The lowest BCUT2D eigenvalue weighted by Crippen LogP contribution is -2.44. The van der Waals surface area contributed by atoms with Gasteiger partial charge in [-0.3, -0.25) is 9.59 Å². The highest BCUT2D eigenvalue weighted by Gasteiger charge is 2.28. The molecule has 0 aliphatic carbocycles. The number of carbonyl (C=O) groups is 3. The first-order chi connectivity index (χ1) is 29.5. The van der Waals surface area contributed by atoms with Crippen molar-refractivity contribution in [2.24, 2.45) is 0 Å². The van der Waals surface area contributed by atoms with Crippen molar-refractivity contribution >= 4 is 30.8 Å². The number of aldehydes is 1. The first-order valence-corrected chi connectivity index (χ1v) is 20.7. The van der Waals surface area contributed by atoms with Crippen LogP contribution >= 0.6 is 0 Å². The highest BCUT2D eigenvalue weighted by atomic mass is 16.5. The van der Waals surface area contributed by atoms with E-state index in [0.717, 1.165) is 103 Å². The van der Waals surface area contributed by atoms with E-state index >= 15 is 0 Å². The number of phenolic OH excluding ortho intramolecular Hbond substituents is 1. The van der Waals surface area contributed by atoms with E-state index in [-0.39, 0.29) is 23.2 Å². The molecule has 62 heavy (non-hydrogen) atoms. The Morgan fingerprint density at radius 3 is 2.34 bits per heavy atom. The summed E-state index contributed by atoms with van der Waals surface area (Å²) >= 11 is 0. The number of hydrogen-bond acceptors (Lipinski definition) is 10. The topological polar surface area (TPSA) is 156 Å². The van der Waals surface area contributed by atoms with Crippen molar-refractivity contribution in [3.8, 4) is 11.5 Å². The zero-order valence-electron chi connectivity index (χ0n) is 38.9. The monoisotopic (exact) mass is 851 g/mol. The maximum Gasteiger partial charge on any atom is 0.254 e. The number of ether oxygens (including phenoxy) is 1. The van der Waals surface area contributed by atoms with Gasteiger partial charge in [0.25, 0.3) is 5.91 Å². The standard InChI is InChI=1S/C19H26N2O2.C17H20N2O2.C14H26N2.CH2O/c1-5-7-8-9-16-18(22)10-15(11-19(16)23-4)17(13-21-3)14(6-2)12-20;1-11-6-5-7-14(15(11)10-20)17(21)19(4)16-9-8-12(2)18-13(16)3;1-7-9-12(2)16-13(3)10-8-11-14(4,5)15-6;1-2/h5-6,10-13,20-22H,1,7-9H2,2-4H3;5-7,10,16,18H,2-3,8-9H2,1,4H3;7,10,15-16H,1-2,8-9,11H2,3-6H3;1H2/b14-6-,17-13+,20-12?;;13-10+;. The second-order valence-corrected chi connectivity index (χ2v) is 15.3. The fourth-order valence-corrected chi connectivity index (χ4v) is 6.41. The summed E-state index contributed by atoms with van der Waals surface area (Å²) < 4.78 is 5.46. The van der Waals surface area contributed by atoms with Gasteiger partial charge in [0.15, 0.2) is 6.29 Å². The third kappa shape index (κ3) is 18.6. The van der Waals surface area contributed by atoms with Gasteiger partial charge >= 0.3 is 0 Å². The van der Waals surface area contributed by atoms with Gasteiger partial charge < -0.3 is 46.2 Å². The van der Waals surface area contributed by atoms with Crippen LogP contribution in [0.2, 0.25) is 0 Å². The number of rotatable bonds is 20. The molecule has 0 radical (unpaired) electrons. The van der Waals surface area contributed by atoms with Crippen LogP contribution < -0.4 is 26.0 Å². The zero-order chi connectivity index (χ0) is 47.4. The fourth-order valence-electron chi connectivity index (χ4n) is 6.41. The second kappa shape index (κ2) is 29.9. The van der Waals surface area contributed by atoms with Crippen LogP contribution in [0.3, 0.4) is 0 Å². The number of nitrogens with zero attached hydrogens (tertiary/aromatic N) is 1. The number of phenols is 1. The number of benzene rings is 2. The molecule has 3 rings (SSSR count). The normalized spacial score (nSPS) is 13.8. The van der Waals surface area contributed by atoms with Crippen LogP contribution in [0.15, 0.2) is 122 Å². The number of amides is 1. The molecule has 0 aromatic heterocycles. The van der Waals surface area contributed by atoms with Crippen LogP contribution in [0, 0.1) is 12.3 Å². The second-order valence-electron chi connectivity index (χ2n) is 15.3. The van der Waals surface area contributed by atoms with Gasteiger partial charge in [-0.2, -0.15) is 0 Å². The average molecular weight is 851 g/mol. The Balaban J connectivity index is 0.000000896. The van der Waals surface area contributed by atoms with Crippen molar-refractivity contribution < 1.29 is 24.2 Å². The molecule has 1 saturated heterocycles. The van der Waals surface area contributed by atoms with E-state index in [4.69, 9.17) is 14.9 Å². The Morgan fingerprint density at radius 2 is 1.81 bits per heavy atom. The molecule has 1 unspecified atom stereocenters. The van der Waals surface area contributed by atoms with E-state index in [1.165, 1.54) is 11.9 Å². The Kier molecular flexibility index (Phi) is 26.9. The Hall–Kier alpha value is -6.20. The predicted molar refractivity (Wildman–Crippen MR) is 261 cm³/mol. The molecule has 2 aromatic rings. The molecule has 1 aliphatic heterocycles. The third-order valence-electron chi connectivity index (χ3n) is 10.2. The highest BCUT2D eigenvalue weighted by Crippen LogP contribution is 2.35. The minimum absolute atomic E-state index is 0.0944. The lowest BCUT2D eigenvalue weighted by molar-refractivity contribution is -0.0980. The third-order valence-corrected chi connectivity index (χ3v) is 10.2. The molecule has 6 N–H and O–H groups in total. The van der Waals surface area contributed by atoms with Gasteiger partial charge in [0.1, 0.15) is 18.3 Å². The number of aryl methyl sites for hydroxylation is 1. The Labute approximate surface area is 372 Å². The van der Waals surface area contributed by atoms with E-state index in [9.17, 15) is 14.7 Å². The van der Waals surface area contributed by atoms with Gasteiger partial charge in [-0.1, -0.05) is 56.2 Å². The summed E-state index contributed by atoms with van der Waals surface area (Å²) in [6.07, 6.45) is 18.8. The van der Waals surface area contributed by atoms with E-state index in [1.807, 2.05) is 64.2 Å². The van der Waals surface area contributed by atoms with Crippen molar-refractivity contribution in [3.63, 3.8) is 0 Å². The van der Waals surface area contributed by atoms with E-state index in [2.05, 4.69) is 81.0 Å². The van der Waals surface area contributed by atoms with Crippen molar-refractivity contribution in [3.05, 3.63) is 150 Å². The smallest absolute Gasteiger partial charge is 0.254 e. The first kappa shape index (κ1) is 55.8. The molecule has 1 atom stereocenters. The molecule has 2 aromatic carbocycles. The van der Waals surface area contributed by atoms with Gasteiger partial charge in [0.2, 0.25) is 0 Å². The molecule has 11 heteroatoms. The van der Waals surface area contributed by atoms with Crippen LogP contribution in [0.1, 0.15) is 110 Å². The lowest BCUT2D eigenvalue weighted by atomic mass is 9.95. The minimum Gasteiger partial charge on any atom is -0.508 e. The quantitative estimate of drug-likeness (QED) is 0.0251. The van der Waals surface area contributed by atoms with Crippen LogP contribution in [-0.2, 0) is 11.2 Å². The first-order valence-electron chi connectivity index (χ1n) is 20.7. The van der Waals surface area contributed by atoms with Crippen LogP contribution in [-0.4, -0.2) is 75.0 Å². The number of piperidine rings is 1. The number of nitrogens with one attached hydrogen (secondary N) is 5. The largest absolute Gasteiger partial charge is 0.508 e. The number of allylic oxidation sites excluding steroid dienone is 8. The zero-order valence-corrected chi connectivity index (χ0v) is 38.9. The molecule has 338 valence electrons. The van der Waals surface area contributed by atoms with Gasteiger partial charge in [-0.15, -0.1) is 13.2 Å². The van der Waals surface area contributed by atoms with Crippen LogP contribution in [0.25, 0.3) is 5.57 Å². The van der Waals surface area contributed by atoms with Crippen molar-refractivity contribution in [2.75, 3.05) is 28.3 Å². The number of hydrogen-bond donors (Lipinski definition) is 6. The van der Waals surface area contributed by atoms with Gasteiger partial charge in [-0.25, -0.2) is 0 Å². The molecule has 11 nitrogen and oxygen atoms in total. The summed E-state index contributed by atoms with van der Waals surface area (Å²) in [6, 6.07) is 8.84. The van der Waals surface area contributed by atoms with Crippen molar-refractivity contribution in [1.29, 1.82) is 5.41 Å². The van der Waals surface area contributed by atoms with E-state index < -0.39 is 0 Å². The molecule has 1 amide bonds. The number of unbranched alkanes of at least 4 members (excludes halogenated alkanes) is 1. The van der Waals surface area contributed by atoms with Gasteiger partial charge in [0.05, 0.1) is 18.7 Å². The number of likely N-dealkylation sites (N-methyl/N-ethyl adjacent to an activating group) is 1. The Morgan fingerprint density at radius 1 is 1.13 bits per heavy atom. The molecule has 0 spiro atoms. The summed E-state index contributed by atoms with van der Waals surface area (Å²) in [5, 5.41) is 30.6. The molecule has 1 fully saturated rings. The molecule has 1 aliphatic rings. The van der Waals surface area contributed by atoms with Crippen molar-refractivity contribution in [1.82, 2.24) is 26.2 Å². The summed E-state index contributed by atoms with van der Waals surface area (Å²) in [5.41, 5.74) is 8.94. The molecule has 0 bridgehead atoms. The fraction of sp³-hybridized carbons (Fsp3) is 0.373. The molecular weight excluding hydrogens is 777 g/mol. The molecule has 1 heterocycles. The number of methoxy groups -OCH3 is 1. The van der Waals surface area contributed by atoms with Crippen molar-refractivity contribution in [2.45, 2.75) is 97.6 Å². The maximum absolute atomic E-state index is 12.7. The number of aromatic hydroxyl groups is 1. The summed E-state index contributed by atoms with van der Waals surface area (Å²) in [4.78, 5) is 33.6. The minimum atomic E-state index is -0.165. The summed E-state index contributed by atoms with van der Waals surface area (Å²) in [5.74, 6) is 0.707. The van der Waals surface area contributed by atoms with Crippen LogP contribution in [0.5, 0.6) is 11.5 Å². The molecule has 0 saturated carbocycles. The summed E-state index contributed by atoms with van der Waals surface area (Å²) in [7, 11) is 7.15. The lowest BCUT2D eigenvalue weighted by Gasteiger charge is -2.35. The van der Waals surface area contributed by atoms with Crippen LogP contribution in [0.4, 0.5) is 0 Å². The maximum atomic E-state index is 12.7. The number of carbonyl (C=O) groups excluding carboxylic acids is 3. The summed E-state index contributed by atoms with van der Waals surface area (Å²) in [6.45, 7) is 31.4. The Bertz CT molecular complexity index is 1940. The SMILES string of the molecule is C=C1CCC(N(C)C(=O)c2cccc(C)c2C=O)C(=C)N1.C=CCC(=C)N/C(C)=C/CCC(C)(C)NC.C=CCCCc1c(O)cc(C(=C/NC)/C(C=N)=C\C)cc1OC.C=O.